The van der Waals surface area contributed by atoms with E-state index in [4.69, 9.17) is 9.47 Å². The molecule has 0 heterocycles. The van der Waals surface area contributed by atoms with E-state index in [2.05, 4.69) is 13.8 Å². The van der Waals surface area contributed by atoms with Crippen LogP contribution < -0.4 is 9.47 Å². The van der Waals surface area contributed by atoms with Crippen molar-refractivity contribution in [3.8, 4) is 11.5 Å². The van der Waals surface area contributed by atoms with Gasteiger partial charge in [-0.1, -0.05) is 123 Å². The molecular formula is C29H52O2. The molecule has 1 rings (SSSR count). The highest BCUT2D eigenvalue weighted by Crippen LogP contribution is 2.19. The van der Waals surface area contributed by atoms with Crippen molar-refractivity contribution < 1.29 is 9.47 Å². The number of hydrogen-bond donors (Lipinski definition) is 0. The van der Waals surface area contributed by atoms with Crippen LogP contribution in [0.25, 0.3) is 0 Å². The minimum atomic E-state index is 0.828. The van der Waals surface area contributed by atoms with Crippen molar-refractivity contribution in [3.05, 3.63) is 24.3 Å². The van der Waals surface area contributed by atoms with Crippen LogP contribution in [0.5, 0.6) is 11.5 Å². The second kappa shape index (κ2) is 22.0. The van der Waals surface area contributed by atoms with Gasteiger partial charge in [-0.3, -0.25) is 0 Å². The van der Waals surface area contributed by atoms with Gasteiger partial charge < -0.3 is 9.47 Å². The molecule has 0 aliphatic carbocycles. The predicted octanol–water partition coefficient (Wildman–Crippen LogP) is 9.90. The summed E-state index contributed by atoms with van der Waals surface area (Å²) in [5.41, 5.74) is 0. The zero-order chi connectivity index (χ0) is 22.2. The van der Waals surface area contributed by atoms with E-state index >= 15 is 0 Å². The Bertz CT molecular complexity index is 468. The molecule has 0 N–H and O–H groups in total. The summed E-state index contributed by atoms with van der Waals surface area (Å²) < 4.78 is 11.8. The van der Waals surface area contributed by atoms with Crippen LogP contribution in [0.3, 0.4) is 0 Å². The van der Waals surface area contributed by atoms with Crippen molar-refractivity contribution in [1.29, 1.82) is 0 Å². The lowest BCUT2D eigenvalue weighted by atomic mass is 10.1. The van der Waals surface area contributed by atoms with Gasteiger partial charge in [-0.2, -0.15) is 0 Å². The molecule has 0 saturated carbocycles. The van der Waals surface area contributed by atoms with Gasteiger partial charge in [0.05, 0.1) is 13.2 Å². The normalized spacial score (nSPS) is 11.0. The van der Waals surface area contributed by atoms with Crippen molar-refractivity contribution in [1.82, 2.24) is 0 Å². The van der Waals surface area contributed by atoms with Crippen molar-refractivity contribution in [2.45, 2.75) is 136 Å². The summed E-state index contributed by atoms with van der Waals surface area (Å²) in [4.78, 5) is 0. The summed E-state index contributed by atoms with van der Waals surface area (Å²) in [5, 5.41) is 0. The molecule has 0 amide bonds. The Labute approximate surface area is 194 Å². The summed E-state index contributed by atoms with van der Waals surface area (Å²) in [6.45, 7) is 6.22. The van der Waals surface area contributed by atoms with Crippen LogP contribution in [-0.2, 0) is 0 Å². The maximum atomic E-state index is 5.88. The van der Waals surface area contributed by atoms with Gasteiger partial charge in [0, 0.05) is 0 Å². The van der Waals surface area contributed by atoms with E-state index in [1.165, 1.54) is 109 Å². The third-order valence-corrected chi connectivity index (χ3v) is 6.11. The molecule has 0 bridgehead atoms. The van der Waals surface area contributed by atoms with Gasteiger partial charge in [-0.05, 0) is 37.1 Å². The summed E-state index contributed by atoms with van der Waals surface area (Å²) >= 11 is 0. The highest BCUT2D eigenvalue weighted by atomic mass is 16.5. The maximum absolute atomic E-state index is 5.88. The SMILES string of the molecule is CCCCCCCCCCCCOc1ccc(OCCCCCCCCCCC)cc1. The van der Waals surface area contributed by atoms with E-state index < -0.39 is 0 Å². The van der Waals surface area contributed by atoms with Crippen LogP contribution >= 0.6 is 0 Å². The van der Waals surface area contributed by atoms with E-state index in [1.54, 1.807) is 0 Å². The second-order valence-electron chi connectivity index (χ2n) is 9.18. The van der Waals surface area contributed by atoms with Crippen LogP contribution in [0, 0.1) is 0 Å². The Kier molecular flexibility index (Phi) is 19.8. The summed E-state index contributed by atoms with van der Waals surface area (Å²) in [5.74, 6) is 1.93. The van der Waals surface area contributed by atoms with E-state index in [1.807, 2.05) is 24.3 Å². The molecule has 2 heteroatoms. The topological polar surface area (TPSA) is 18.5 Å². The first kappa shape index (κ1) is 27.9. The molecule has 1 aromatic rings. The first-order chi connectivity index (χ1) is 15.4. The van der Waals surface area contributed by atoms with Gasteiger partial charge in [0.25, 0.3) is 0 Å². The molecule has 0 aromatic heterocycles. The van der Waals surface area contributed by atoms with Gasteiger partial charge >= 0.3 is 0 Å². The monoisotopic (exact) mass is 432 g/mol. The maximum Gasteiger partial charge on any atom is 0.119 e. The first-order valence-electron chi connectivity index (χ1n) is 13.7. The molecule has 1 aromatic carbocycles. The van der Waals surface area contributed by atoms with Crippen molar-refractivity contribution in [2.24, 2.45) is 0 Å². The Morgan fingerprint density at radius 3 is 0.935 bits per heavy atom. The molecule has 0 radical (unpaired) electrons. The first-order valence-corrected chi connectivity index (χ1v) is 13.7. The molecule has 180 valence electrons. The summed E-state index contributed by atoms with van der Waals surface area (Å²) in [6, 6.07) is 8.17. The molecule has 0 unspecified atom stereocenters. The van der Waals surface area contributed by atoms with E-state index in [0.29, 0.717) is 0 Å². The van der Waals surface area contributed by atoms with Crippen LogP contribution in [0.1, 0.15) is 136 Å². The summed E-state index contributed by atoms with van der Waals surface area (Å²) in [7, 11) is 0. The lowest BCUT2D eigenvalue weighted by molar-refractivity contribution is 0.296. The van der Waals surface area contributed by atoms with Gasteiger partial charge in [0.1, 0.15) is 11.5 Å². The number of hydrogen-bond acceptors (Lipinski definition) is 2. The second-order valence-corrected chi connectivity index (χ2v) is 9.18. The average Bonchev–Trinajstić information content (AvgIpc) is 2.79. The number of unbranched alkanes of at least 4 members (excludes halogenated alkanes) is 17. The van der Waals surface area contributed by atoms with Gasteiger partial charge in [-0.25, -0.2) is 0 Å². The smallest absolute Gasteiger partial charge is 0.119 e. The molecular weight excluding hydrogens is 380 g/mol. The van der Waals surface area contributed by atoms with E-state index in [-0.39, 0.29) is 0 Å². The molecule has 2 nitrogen and oxygen atoms in total. The Morgan fingerprint density at radius 2 is 0.645 bits per heavy atom. The van der Waals surface area contributed by atoms with Gasteiger partial charge in [0.2, 0.25) is 0 Å². The predicted molar refractivity (Wildman–Crippen MR) is 137 cm³/mol. The lowest BCUT2D eigenvalue weighted by Gasteiger charge is -2.09. The highest BCUT2D eigenvalue weighted by molar-refractivity contribution is 5.31. The van der Waals surface area contributed by atoms with Gasteiger partial charge in [-0.15, -0.1) is 0 Å². The molecule has 0 saturated heterocycles. The molecule has 0 aliphatic rings. The third kappa shape index (κ3) is 18.1. The largest absolute Gasteiger partial charge is 0.494 e. The summed E-state index contributed by atoms with van der Waals surface area (Å²) in [6.07, 6.45) is 25.8. The van der Waals surface area contributed by atoms with Crippen molar-refractivity contribution in [3.63, 3.8) is 0 Å². The van der Waals surface area contributed by atoms with Crippen LogP contribution in [-0.4, -0.2) is 13.2 Å². The number of benzene rings is 1. The Hall–Kier alpha value is -1.18. The fourth-order valence-corrected chi connectivity index (χ4v) is 4.01. The zero-order valence-electron chi connectivity index (χ0n) is 21.0. The molecule has 0 atom stereocenters. The quantitative estimate of drug-likeness (QED) is 0.160. The fourth-order valence-electron chi connectivity index (χ4n) is 4.01. The van der Waals surface area contributed by atoms with Crippen molar-refractivity contribution in [2.75, 3.05) is 13.2 Å². The average molecular weight is 433 g/mol. The standard InChI is InChI=1S/C29H52O2/c1-3-5-7-9-11-13-15-17-19-21-27-31-29-24-22-28(23-25-29)30-26-20-18-16-14-12-10-8-6-4-2/h22-25H,3-21,26-27H2,1-2H3. The molecule has 0 spiro atoms. The molecule has 0 aliphatic heterocycles. The van der Waals surface area contributed by atoms with Crippen LogP contribution in [0.15, 0.2) is 24.3 Å². The fraction of sp³-hybridized carbons (Fsp3) is 0.793. The minimum Gasteiger partial charge on any atom is -0.494 e. The molecule has 0 fully saturated rings. The van der Waals surface area contributed by atoms with Crippen LogP contribution in [0.2, 0.25) is 0 Å². The van der Waals surface area contributed by atoms with E-state index in [0.717, 1.165) is 37.6 Å². The molecule has 31 heavy (non-hydrogen) atoms. The zero-order valence-corrected chi connectivity index (χ0v) is 21.0. The number of ether oxygens (including phenoxy) is 2. The number of rotatable bonds is 23. The lowest BCUT2D eigenvalue weighted by Crippen LogP contribution is -1.99. The highest BCUT2D eigenvalue weighted by Gasteiger charge is 1.98. The third-order valence-electron chi connectivity index (χ3n) is 6.11. The van der Waals surface area contributed by atoms with E-state index in [9.17, 15) is 0 Å². The van der Waals surface area contributed by atoms with Crippen LogP contribution in [0.4, 0.5) is 0 Å². The minimum absolute atomic E-state index is 0.828. The Balaban J connectivity index is 1.90. The van der Waals surface area contributed by atoms with Crippen molar-refractivity contribution >= 4 is 0 Å². The van der Waals surface area contributed by atoms with Gasteiger partial charge in [0.15, 0.2) is 0 Å². The Morgan fingerprint density at radius 1 is 0.387 bits per heavy atom.